The summed E-state index contributed by atoms with van der Waals surface area (Å²) in [5, 5.41) is 5.08. The van der Waals surface area contributed by atoms with E-state index in [1.165, 1.54) is 0 Å². The van der Waals surface area contributed by atoms with Crippen LogP contribution in [0, 0.1) is 0 Å². The Bertz CT molecular complexity index is 158. The molecule has 0 spiro atoms. The van der Waals surface area contributed by atoms with E-state index in [9.17, 15) is 9.59 Å². The average Bonchev–Trinajstić information content (AvgIpc) is 1.98. The number of amides is 2. The van der Waals surface area contributed by atoms with Gasteiger partial charge < -0.3 is 16.4 Å². The molecule has 1 atom stereocenters. The number of hydrogen-bond donors (Lipinski definition) is 3. The lowest BCUT2D eigenvalue weighted by Crippen LogP contribution is -2.43. The van der Waals surface area contributed by atoms with Crippen molar-refractivity contribution in [3.8, 4) is 0 Å². The third kappa shape index (κ3) is 4.32. The number of rotatable bonds is 4. The quantitative estimate of drug-likeness (QED) is 0.452. The standard InChI is InChI=1S/C6H13N3O2/c1-4(8-2)6(11)9-3-5(7)10/h4,8H,3H2,1-2H3,(H2,7,10)(H,9,11)/t4-/m0/s1. The maximum absolute atomic E-state index is 10.9. The zero-order chi connectivity index (χ0) is 8.85. The molecule has 0 aromatic heterocycles. The summed E-state index contributed by atoms with van der Waals surface area (Å²) in [5.74, 6) is -0.770. The van der Waals surface area contributed by atoms with Gasteiger partial charge in [0, 0.05) is 0 Å². The number of carbonyl (C=O) groups excluding carboxylic acids is 2. The lowest BCUT2D eigenvalue weighted by molar-refractivity contribution is -0.125. The molecule has 0 aliphatic heterocycles. The molecule has 0 saturated carbocycles. The van der Waals surface area contributed by atoms with Crippen LogP contribution in [-0.2, 0) is 9.59 Å². The normalized spacial score (nSPS) is 12.2. The molecule has 0 aliphatic rings. The van der Waals surface area contributed by atoms with Gasteiger partial charge in [0.05, 0.1) is 12.6 Å². The highest BCUT2D eigenvalue weighted by atomic mass is 16.2. The number of carbonyl (C=O) groups is 2. The molecule has 0 heterocycles. The second-order valence-electron chi connectivity index (χ2n) is 2.19. The van der Waals surface area contributed by atoms with E-state index in [0.717, 1.165) is 0 Å². The smallest absolute Gasteiger partial charge is 0.237 e. The lowest BCUT2D eigenvalue weighted by Gasteiger charge is -2.08. The highest BCUT2D eigenvalue weighted by Crippen LogP contribution is 1.77. The maximum atomic E-state index is 10.9. The van der Waals surface area contributed by atoms with Crippen molar-refractivity contribution in [3.05, 3.63) is 0 Å². The average molecular weight is 159 g/mol. The highest BCUT2D eigenvalue weighted by Gasteiger charge is 2.09. The molecule has 0 radical (unpaired) electrons. The van der Waals surface area contributed by atoms with Gasteiger partial charge in [-0.2, -0.15) is 0 Å². The van der Waals surface area contributed by atoms with Crippen molar-refractivity contribution in [2.75, 3.05) is 13.6 Å². The summed E-state index contributed by atoms with van der Waals surface area (Å²) in [6.45, 7) is 1.58. The van der Waals surface area contributed by atoms with Crippen LogP contribution in [0.3, 0.4) is 0 Å². The first-order valence-electron chi connectivity index (χ1n) is 3.31. The first kappa shape index (κ1) is 9.90. The Morgan fingerprint density at radius 3 is 2.45 bits per heavy atom. The fourth-order valence-corrected chi connectivity index (χ4v) is 0.458. The van der Waals surface area contributed by atoms with Crippen LogP contribution in [0.15, 0.2) is 0 Å². The van der Waals surface area contributed by atoms with Crippen LogP contribution in [0.1, 0.15) is 6.92 Å². The van der Waals surface area contributed by atoms with Gasteiger partial charge in [0.2, 0.25) is 11.8 Å². The predicted octanol–water partition coefficient (Wildman–Crippen LogP) is -1.80. The van der Waals surface area contributed by atoms with Crippen molar-refractivity contribution in [2.45, 2.75) is 13.0 Å². The molecular weight excluding hydrogens is 146 g/mol. The molecule has 0 rings (SSSR count). The summed E-state index contributed by atoms with van der Waals surface area (Å²) in [5.41, 5.74) is 4.81. The van der Waals surface area contributed by atoms with E-state index in [4.69, 9.17) is 5.73 Å². The first-order chi connectivity index (χ1) is 5.07. The first-order valence-corrected chi connectivity index (χ1v) is 3.31. The summed E-state index contributed by atoms with van der Waals surface area (Å²) in [6.07, 6.45) is 0. The minimum Gasteiger partial charge on any atom is -0.368 e. The van der Waals surface area contributed by atoms with Gasteiger partial charge in [0.1, 0.15) is 0 Å². The molecule has 0 unspecified atom stereocenters. The van der Waals surface area contributed by atoms with Gasteiger partial charge in [0.25, 0.3) is 0 Å². The molecule has 64 valence electrons. The molecule has 0 bridgehead atoms. The monoisotopic (exact) mass is 159 g/mol. The Hall–Kier alpha value is -1.10. The molecule has 0 aliphatic carbocycles. The van der Waals surface area contributed by atoms with Crippen molar-refractivity contribution in [3.63, 3.8) is 0 Å². The summed E-state index contributed by atoms with van der Waals surface area (Å²) < 4.78 is 0. The van der Waals surface area contributed by atoms with E-state index in [0.29, 0.717) is 0 Å². The number of likely N-dealkylation sites (N-methyl/N-ethyl adjacent to an activating group) is 1. The van der Waals surface area contributed by atoms with Gasteiger partial charge in [-0.05, 0) is 14.0 Å². The van der Waals surface area contributed by atoms with Gasteiger partial charge in [-0.25, -0.2) is 0 Å². The summed E-state index contributed by atoms with van der Waals surface area (Å²) >= 11 is 0. The van der Waals surface area contributed by atoms with Gasteiger partial charge in [0.15, 0.2) is 0 Å². The Labute approximate surface area is 65.3 Å². The summed E-state index contributed by atoms with van der Waals surface area (Å²) in [6, 6.07) is -0.297. The van der Waals surface area contributed by atoms with E-state index in [2.05, 4.69) is 10.6 Å². The molecule has 0 fully saturated rings. The third-order valence-corrected chi connectivity index (χ3v) is 1.26. The SMILES string of the molecule is CN[C@@H](C)C(=O)NCC(N)=O. The molecule has 5 nitrogen and oxygen atoms in total. The molecule has 2 amide bonds. The van der Waals surface area contributed by atoms with Crippen molar-refractivity contribution < 1.29 is 9.59 Å². The number of nitrogens with one attached hydrogen (secondary N) is 2. The molecular formula is C6H13N3O2. The van der Waals surface area contributed by atoms with Crippen LogP contribution < -0.4 is 16.4 Å². The molecule has 0 saturated heterocycles. The molecule has 0 aromatic rings. The Kier molecular flexibility index (Phi) is 4.21. The predicted molar refractivity (Wildman–Crippen MR) is 40.7 cm³/mol. The fraction of sp³-hybridized carbons (Fsp3) is 0.667. The van der Waals surface area contributed by atoms with Crippen LogP contribution in [0.2, 0.25) is 0 Å². The van der Waals surface area contributed by atoms with E-state index < -0.39 is 5.91 Å². The number of primary amides is 1. The number of nitrogens with two attached hydrogens (primary N) is 1. The highest BCUT2D eigenvalue weighted by molar-refractivity contribution is 5.86. The van der Waals surface area contributed by atoms with Gasteiger partial charge in [-0.3, -0.25) is 9.59 Å². The summed E-state index contributed by atoms with van der Waals surface area (Å²) in [7, 11) is 1.66. The number of hydrogen-bond acceptors (Lipinski definition) is 3. The van der Waals surface area contributed by atoms with Gasteiger partial charge in [-0.1, -0.05) is 0 Å². The van der Waals surface area contributed by atoms with Gasteiger partial charge >= 0.3 is 0 Å². The lowest BCUT2D eigenvalue weighted by atomic mass is 10.3. The molecule has 11 heavy (non-hydrogen) atoms. The van der Waals surface area contributed by atoms with E-state index in [-0.39, 0.29) is 18.5 Å². The van der Waals surface area contributed by atoms with Crippen LogP contribution in [0.5, 0.6) is 0 Å². The Morgan fingerprint density at radius 2 is 2.09 bits per heavy atom. The van der Waals surface area contributed by atoms with Crippen molar-refractivity contribution in [1.82, 2.24) is 10.6 Å². The second-order valence-corrected chi connectivity index (χ2v) is 2.19. The zero-order valence-electron chi connectivity index (χ0n) is 6.68. The van der Waals surface area contributed by atoms with Crippen molar-refractivity contribution >= 4 is 11.8 Å². The zero-order valence-corrected chi connectivity index (χ0v) is 6.68. The van der Waals surface area contributed by atoms with Gasteiger partial charge in [-0.15, -0.1) is 0 Å². The molecule has 0 aromatic carbocycles. The van der Waals surface area contributed by atoms with Crippen LogP contribution in [0.25, 0.3) is 0 Å². The Balaban J connectivity index is 3.60. The van der Waals surface area contributed by atoms with E-state index in [1.54, 1.807) is 14.0 Å². The van der Waals surface area contributed by atoms with Crippen molar-refractivity contribution in [2.24, 2.45) is 5.73 Å². The van der Waals surface area contributed by atoms with Crippen LogP contribution in [-0.4, -0.2) is 31.4 Å². The minimum absolute atomic E-state index is 0.106. The van der Waals surface area contributed by atoms with E-state index >= 15 is 0 Å². The second kappa shape index (κ2) is 4.68. The minimum atomic E-state index is -0.540. The molecule has 5 heteroatoms. The summed E-state index contributed by atoms with van der Waals surface area (Å²) in [4.78, 5) is 21.1. The van der Waals surface area contributed by atoms with Crippen molar-refractivity contribution in [1.29, 1.82) is 0 Å². The maximum Gasteiger partial charge on any atom is 0.237 e. The fourth-order valence-electron chi connectivity index (χ4n) is 0.458. The van der Waals surface area contributed by atoms with E-state index in [1.807, 2.05) is 0 Å². The largest absolute Gasteiger partial charge is 0.368 e. The Morgan fingerprint density at radius 1 is 1.55 bits per heavy atom. The topological polar surface area (TPSA) is 84.2 Å². The molecule has 4 N–H and O–H groups in total. The van der Waals surface area contributed by atoms with Crippen LogP contribution in [0.4, 0.5) is 0 Å². The van der Waals surface area contributed by atoms with Crippen LogP contribution >= 0.6 is 0 Å². The third-order valence-electron chi connectivity index (χ3n) is 1.26.